The fourth-order valence-electron chi connectivity index (χ4n) is 1.58. The van der Waals surface area contributed by atoms with Gasteiger partial charge in [-0.25, -0.2) is 0 Å². The molecule has 4 heteroatoms. The molecule has 1 aromatic rings. The van der Waals surface area contributed by atoms with Crippen molar-refractivity contribution in [3.05, 3.63) is 30.3 Å². The Morgan fingerprint density at radius 3 is 2.59 bits per heavy atom. The molecule has 0 aliphatic rings. The number of hydrogen-bond donors (Lipinski definition) is 2. The van der Waals surface area contributed by atoms with Gasteiger partial charge in [-0.2, -0.15) is 0 Å². The zero-order valence-electron chi connectivity index (χ0n) is 10.4. The number of benzene rings is 1. The zero-order valence-corrected chi connectivity index (χ0v) is 10.4. The average molecular weight is 235 g/mol. The number of nitrogens with one attached hydrogen (secondary N) is 1. The second kappa shape index (κ2) is 7.54. The van der Waals surface area contributed by atoms with E-state index in [-0.39, 0.29) is 5.96 Å². The van der Waals surface area contributed by atoms with Crippen LogP contribution in [0.3, 0.4) is 0 Å². The number of ether oxygens (including phenoxy) is 1. The van der Waals surface area contributed by atoms with E-state index in [0.717, 1.165) is 31.7 Å². The van der Waals surface area contributed by atoms with E-state index in [4.69, 9.17) is 15.9 Å². The number of nitrogens with zero attached hydrogens (tertiary/aromatic N) is 1. The van der Waals surface area contributed by atoms with Gasteiger partial charge >= 0.3 is 0 Å². The third kappa shape index (κ3) is 5.24. The molecule has 0 aromatic heterocycles. The minimum atomic E-state index is 0.145. The van der Waals surface area contributed by atoms with Gasteiger partial charge in [0.25, 0.3) is 0 Å². The molecule has 0 atom stereocenters. The van der Waals surface area contributed by atoms with E-state index in [1.165, 1.54) is 0 Å². The Balaban J connectivity index is 2.20. The Kier molecular flexibility index (Phi) is 5.93. The molecule has 0 saturated carbocycles. The largest absolute Gasteiger partial charge is 0.494 e. The second-order valence-electron chi connectivity index (χ2n) is 3.89. The lowest BCUT2D eigenvalue weighted by atomic mass is 10.3. The normalized spacial score (nSPS) is 9.94. The summed E-state index contributed by atoms with van der Waals surface area (Å²) in [6, 6.07) is 9.75. The first-order chi connectivity index (χ1) is 8.24. The van der Waals surface area contributed by atoms with Crippen molar-refractivity contribution in [1.29, 1.82) is 5.41 Å². The van der Waals surface area contributed by atoms with E-state index in [1.807, 2.05) is 35.2 Å². The van der Waals surface area contributed by atoms with Gasteiger partial charge in [0.15, 0.2) is 5.96 Å². The van der Waals surface area contributed by atoms with Crippen molar-refractivity contribution in [3.63, 3.8) is 0 Å². The predicted molar refractivity (Wildman–Crippen MR) is 70.3 cm³/mol. The summed E-state index contributed by atoms with van der Waals surface area (Å²) in [6.45, 7) is 4.34. The van der Waals surface area contributed by atoms with Crippen LogP contribution < -0.4 is 10.5 Å². The molecule has 0 bridgehead atoms. The fourth-order valence-corrected chi connectivity index (χ4v) is 1.58. The van der Waals surface area contributed by atoms with Gasteiger partial charge in [-0.05, 0) is 25.0 Å². The number of guanidine groups is 1. The van der Waals surface area contributed by atoms with E-state index >= 15 is 0 Å². The molecule has 94 valence electrons. The molecular weight excluding hydrogens is 214 g/mol. The first-order valence-electron chi connectivity index (χ1n) is 6.01. The molecule has 0 saturated heterocycles. The van der Waals surface area contributed by atoms with Crippen LogP contribution in [0.1, 0.15) is 19.8 Å². The van der Waals surface area contributed by atoms with Crippen LogP contribution in [0.2, 0.25) is 0 Å². The molecule has 0 amide bonds. The summed E-state index contributed by atoms with van der Waals surface area (Å²) in [6.07, 6.45) is 1.87. The van der Waals surface area contributed by atoms with Crippen LogP contribution in [-0.4, -0.2) is 30.6 Å². The number of nitrogens with two attached hydrogens (primary N) is 1. The highest BCUT2D eigenvalue weighted by Crippen LogP contribution is 2.08. The van der Waals surface area contributed by atoms with Gasteiger partial charge in [0.05, 0.1) is 6.61 Å². The predicted octanol–water partition coefficient (Wildman–Crippen LogP) is 2.06. The van der Waals surface area contributed by atoms with Gasteiger partial charge in [-0.15, -0.1) is 0 Å². The van der Waals surface area contributed by atoms with Crippen LogP contribution in [-0.2, 0) is 0 Å². The van der Waals surface area contributed by atoms with Gasteiger partial charge in [0.2, 0.25) is 0 Å². The maximum absolute atomic E-state index is 7.42. The minimum Gasteiger partial charge on any atom is -0.494 e. The van der Waals surface area contributed by atoms with Gasteiger partial charge in [0.1, 0.15) is 5.75 Å². The summed E-state index contributed by atoms with van der Waals surface area (Å²) in [5, 5.41) is 7.42. The van der Waals surface area contributed by atoms with Crippen molar-refractivity contribution in [2.75, 3.05) is 19.7 Å². The standard InChI is InChI=1S/C13H21N3O/c1-2-9-16(13(14)15)10-6-11-17-12-7-4-3-5-8-12/h3-5,7-8H,2,6,9-11H2,1H3,(H3,14,15). The van der Waals surface area contributed by atoms with Crippen molar-refractivity contribution in [1.82, 2.24) is 4.90 Å². The van der Waals surface area contributed by atoms with Crippen LogP contribution in [0.15, 0.2) is 30.3 Å². The van der Waals surface area contributed by atoms with Crippen LogP contribution >= 0.6 is 0 Å². The summed E-state index contributed by atoms with van der Waals surface area (Å²) in [4.78, 5) is 1.87. The maximum atomic E-state index is 7.42. The summed E-state index contributed by atoms with van der Waals surface area (Å²) < 4.78 is 5.58. The fraction of sp³-hybridized carbons (Fsp3) is 0.462. The Bertz CT molecular complexity index is 327. The lowest BCUT2D eigenvalue weighted by Crippen LogP contribution is -2.38. The lowest BCUT2D eigenvalue weighted by Gasteiger charge is -2.21. The molecule has 4 nitrogen and oxygen atoms in total. The van der Waals surface area contributed by atoms with Gasteiger partial charge in [-0.3, -0.25) is 5.41 Å². The number of rotatable bonds is 7. The highest BCUT2D eigenvalue weighted by molar-refractivity contribution is 5.74. The van der Waals surface area contributed by atoms with E-state index in [1.54, 1.807) is 0 Å². The quantitative estimate of drug-likeness (QED) is 0.432. The molecule has 0 radical (unpaired) electrons. The van der Waals surface area contributed by atoms with E-state index in [9.17, 15) is 0 Å². The van der Waals surface area contributed by atoms with Crippen LogP contribution in [0, 0.1) is 5.41 Å². The van der Waals surface area contributed by atoms with Crippen molar-refractivity contribution in [3.8, 4) is 5.75 Å². The average Bonchev–Trinajstić information content (AvgIpc) is 2.34. The molecule has 0 aliphatic carbocycles. The van der Waals surface area contributed by atoms with Gasteiger partial charge in [-0.1, -0.05) is 25.1 Å². The lowest BCUT2D eigenvalue weighted by molar-refractivity contribution is 0.285. The Labute approximate surface area is 103 Å². The molecule has 0 fully saturated rings. The molecule has 17 heavy (non-hydrogen) atoms. The monoisotopic (exact) mass is 235 g/mol. The zero-order chi connectivity index (χ0) is 12.5. The molecule has 0 heterocycles. The number of hydrogen-bond acceptors (Lipinski definition) is 2. The molecule has 1 aromatic carbocycles. The Hall–Kier alpha value is -1.71. The molecule has 0 aliphatic heterocycles. The summed E-state index contributed by atoms with van der Waals surface area (Å²) in [5.74, 6) is 1.03. The van der Waals surface area contributed by atoms with Gasteiger partial charge in [0, 0.05) is 13.1 Å². The minimum absolute atomic E-state index is 0.145. The third-order valence-electron chi connectivity index (χ3n) is 2.42. The topological polar surface area (TPSA) is 62.3 Å². The summed E-state index contributed by atoms with van der Waals surface area (Å²) in [7, 11) is 0. The Morgan fingerprint density at radius 2 is 2.00 bits per heavy atom. The van der Waals surface area contributed by atoms with Crippen molar-refractivity contribution in [2.45, 2.75) is 19.8 Å². The summed E-state index contributed by atoms with van der Waals surface area (Å²) >= 11 is 0. The van der Waals surface area contributed by atoms with Crippen LogP contribution in [0.25, 0.3) is 0 Å². The van der Waals surface area contributed by atoms with Gasteiger partial charge < -0.3 is 15.4 Å². The molecular formula is C13H21N3O. The maximum Gasteiger partial charge on any atom is 0.188 e. The smallest absolute Gasteiger partial charge is 0.188 e. The molecule has 1 rings (SSSR count). The second-order valence-corrected chi connectivity index (χ2v) is 3.89. The van der Waals surface area contributed by atoms with Crippen molar-refractivity contribution in [2.24, 2.45) is 5.73 Å². The van der Waals surface area contributed by atoms with Crippen LogP contribution in [0.4, 0.5) is 0 Å². The van der Waals surface area contributed by atoms with E-state index < -0.39 is 0 Å². The first kappa shape index (κ1) is 13.4. The van der Waals surface area contributed by atoms with Crippen molar-refractivity contribution >= 4 is 5.96 Å². The summed E-state index contributed by atoms with van der Waals surface area (Å²) in [5.41, 5.74) is 5.48. The highest BCUT2D eigenvalue weighted by atomic mass is 16.5. The van der Waals surface area contributed by atoms with Crippen LogP contribution in [0.5, 0.6) is 5.75 Å². The van der Waals surface area contributed by atoms with E-state index in [0.29, 0.717) is 6.61 Å². The molecule has 3 N–H and O–H groups in total. The van der Waals surface area contributed by atoms with Crippen molar-refractivity contribution < 1.29 is 4.74 Å². The molecule has 0 unspecified atom stereocenters. The SMILES string of the molecule is CCCN(CCCOc1ccccc1)C(=N)N. The molecule has 0 spiro atoms. The van der Waals surface area contributed by atoms with E-state index in [2.05, 4.69) is 6.92 Å². The third-order valence-corrected chi connectivity index (χ3v) is 2.42. The highest BCUT2D eigenvalue weighted by Gasteiger charge is 2.04. The first-order valence-corrected chi connectivity index (χ1v) is 6.01. The number of para-hydroxylation sites is 1. The Morgan fingerprint density at radius 1 is 1.29 bits per heavy atom.